The van der Waals surface area contributed by atoms with Crippen molar-refractivity contribution in [2.45, 2.75) is 19.0 Å². The smallest absolute Gasteiger partial charge is 0.240 e. The number of hydrogen-bond donors (Lipinski definition) is 2. The highest BCUT2D eigenvalue weighted by molar-refractivity contribution is 5.53. The Kier molecular flexibility index (Phi) is 5.30. The second-order valence-corrected chi connectivity index (χ2v) is 5.38. The van der Waals surface area contributed by atoms with Gasteiger partial charge in [0.2, 0.25) is 11.7 Å². The summed E-state index contributed by atoms with van der Waals surface area (Å²) in [6.07, 6.45) is 0.586. The lowest BCUT2D eigenvalue weighted by Gasteiger charge is -2.16. The normalized spacial score (nSPS) is 12.2. The van der Waals surface area contributed by atoms with Crippen LogP contribution >= 0.6 is 0 Å². The summed E-state index contributed by atoms with van der Waals surface area (Å²) < 4.78 is 18.2. The van der Waals surface area contributed by atoms with Crippen molar-refractivity contribution in [3.05, 3.63) is 71.9 Å². The average Bonchev–Trinajstić information content (AvgIpc) is 3.09. The third-order valence-electron chi connectivity index (χ3n) is 3.69. The molecule has 3 aromatic rings. The molecule has 0 saturated heterocycles. The van der Waals surface area contributed by atoms with E-state index in [1.54, 1.807) is 12.1 Å². The van der Waals surface area contributed by atoms with Gasteiger partial charge in [-0.1, -0.05) is 35.5 Å². The van der Waals surface area contributed by atoms with Crippen molar-refractivity contribution in [1.82, 2.24) is 15.5 Å². The minimum absolute atomic E-state index is 0.00243. The van der Waals surface area contributed by atoms with Crippen molar-refractivity contribution < 1.29 is 14.0 Å². The van der Waals surface area contributed by atoms with Gasteiger partial charge in [-0.15, -0.1) is 0 Å². The van der Waals surface area contributed by atoms with Gasteiger partial charge in [-0.3, -0.25) is 0 Å². The second kappa shape index (κ2) is 7.81. The van der Waals surface area contributed by atoms with E-state index in [1.807, 2.05) is 30.3 Å². The van der Waals surface area contributed by atoms with Gasteiger partial charge in [-0.25, -0.2) is 4.39 Å². The number of nitrogens with one attached hydrogen (secondary N) is 1. The third kappa shape index (κ3) is 4.04. The van der Waals surface area contributed by atoms with Crippen LogP contribution in [-0.2, 0) is 6.54 Å². The first-order valence-electron chi connectivity index (χ1n) is 7.74. The highest BCUT2D eigenvalue weighted by Crippen LogP contribution is 2.18. The second-order valence-electron chi connectivity index (χ2n) is 5.38. The zero-order valence-electron chi connectivity index (χ0n) is 13.0. The molecule has 0 aliphatic rings. The molecule has 6 heteroatoms. The molecule has 1 atom stereocenters. The van der Waals surface area contributed by atoms with E-state index in [9.17, 15) is 9.50 Å². The van der Waals surface area contributed by atoms with Gasteiger partial charge in [0.05, 0.1) is 6.54 Å². The van der Waals surface area contributed by atoms with Crippen LogP contribution in [0.3, 0.4) is 0 Å². The van der Waals surface area contributed by atoms with Gasteiger partial charge in [0.1, 0.15) is 5.82 Å². The molecule has 3 rings (SSSR count). The number of aliphatic hydroxyl groups is 1. The molecular weight excluding hydrogens is 309 g/mol. The maximum Gasteiger partial charge on any atom is 0.240 e. The highest BCUT2D eigenvalue weighted by atomic mass is 19.1. The molecule has 1 aromatic heterocycles. The number of halogens is 1. The topological polar surface area (TPSA) is 71.2 Å². The molecule has 24 heavy (non-hydrogen) atoms. The molecule has 1 heterocycles. The molecule has 124 valence electrons. The molecule has 0 amide bonds. The zero-order chi connectivity index (χ0) is 16.8. The molecule has 1 unspecified atom stereocenters. The van der Waals surface area contributed by atoms with Gasteiger partial charge in [-0.05, 0) is 36.2 Å². The van der Waals surface area contributed by atoms with Crippen molar-refractivity contribution in [3.8, 4) is 11.4 Å². The Hall–Kier alpha value is -2.57. The van der Waals surface area contributed by atoms with E-state index in [0.717, 1.165) is 5.56 Å². The van der Waals surface area contributed by atoms with Gasteiger partial charge < -0.3 is 14.9 Å². The van der Waals surface area contributed by atoms with Crippen LogP contribution in [0.15, 0.2) is 59.1 Å². The monoisotopic (exact) mass is 327 g/mol. The quantitative estimate of drug-likeness (QED) is 0.698. The Bertz CT molecular complexity index is 759. The molecular formula is C18H18FN3O2. The zero-order valence-corrected chi connectivity index (χ0v) is 13.0. The van der Waals surface area contributed by atoms with E-state index in [4.69, 9.17) is 4.52 Å². The average molecular weight is 327 g/mol. The van der Waals surface area contributed by atoms with Crippen molar-refractivity contribution in [3.63, 3.8) is 0 Å². The van der Waals surface area contributed by atoms with Gasteiger partial charge >= 0.3 is 0 Å². The number of nitrogens with zero attached hydrogens (tertiary/aromatic N) is 2. The maximum atomic E-state index is 13.0. The predicted octanol–water partition coefficient (Wildman–Crippen LogP) is 3.09. The first kappa shape index (κ1) is 16.3. The maximum absolute atomic E-state index is 13.0. The highest BCUT2D eigenvalue weighted by Gasteiger charge is 2.13. The van der Waals surface area contributed by atoms with E-state index in [1.165, 1.54) is 12.1 Å². The Labute approximate surface area is 139 Å². The summed E-state index contributed by atoms with van der Waals surface area (Å²) in [5.74, 6) is 0.553. The van der Waals surface area contributed by atoms with Gasteiger partial charge in [0, 0.05) is 18.2 Å². The van der Waals surface area contributed by atoms with Crippen LogP contribution in [0.4, 0.5) is 4.39 Å². The third-order valence-corrected chi connectivity index (χ3v) is 3.69. The molecule has 0 fully saturated rings. The van der Waals surface area contributed by atoms with E-state index >= 15 is 0 Å². The fourth-order valence-electron chi connectivity index (χ4n) is 2.45. The lowest BCUT2D eigenvalue weighted by molar-refractivity contribution is 0.261. The molecule has 2 N–H and O–H groups in total. The Morgan fingerprint density at radius 3 is 2.54 bits per heavy atom. The van der Waals surface area contributed by atoms with Crippen molar-refractivity contribution in [2.24, 2.45) is 0 Å². The van der Waals surface area contributed by atoms with Crippen LogP contribution in [0, 0.1) is 5.82 Å². The number of benzene rings is 2. The molecule has 2 aromatic carbocycles. The summed E-state index contributed by atoms with van der Waals surface area (Å²) in [7, 11) is 0. The van der Waals surface area contributed by atoms with Crippen LogP contribution in [0.5, 0.6) is 0 Å². The van der Waals surface area contributed by atoms with E-state index in [-0.39, 0.29) is 18.5 Å². The Morgan fingerprint density at radius 1 is 1.08 bits per heavy atom. The molecule has 0 spiro atoms. The molecule has 5 nitrogen and oxygen atoms in total. The Balaban J connectivity index is 1.66. The number of rotatable bonds is 7. The first-order chi connectivity index (χ1) is 11.8. The Morgan fingerprint density at radius 2 is 1.83 bits per heavy atom. The minimum atomic E-state index is -0.307. The fraction of sp³-hybridized carbons (Fsp3) is 0.222. The lowest BCUT2D eigenvalue weighted by atomic mass is 10.0. The summed E-state index contributed by atoms with van der Waals surface area (Å²) in [5.41, 5.74) is 1.78. The fourth-order valence-corrected chi connectivity index (χ4v) is 2.45. The van der Waals surface area contributed by atoms with Gasteiger partial charge in [0.15, 0.2) is 0 Å². The summed E-state index contributed by atoms with van der Waals surface area (Å²) in [5, 5.41) is 16.5. The van der Waals surface area contributed by atoms with E-state index in [2.05, 4.69) is 15.5 Å². The van der Waals surface area contributed by atoms with Gasteiger partial charge in [0.25, 0.3) is 0 Å². The standard InChI is InChI=1S/C18H18FN3O2/c19-15-8-6-14(7-9-15)18-21-17(24-22-18)12-20-16(10-11-23)13-4-2-1-3-5-13/h1-9,16,20,23H,10-12H2. The largest absolute Gasteiger partial charge is 0.396 e. The van der Waals surface area contributed by atoms with Crippen molar-refractivity contribution in [1.29, 1.82) is 0 Å². The van der Waals surface area contributed by atoms with Crippen LogP contribution in [0.25, 0.3) is 11.4 Å². The summed E-state index contributed by atoms with van der Waals surface area (Å²) in [6.45, 7) is 0.463. The SMILES string of the molecule is OCCC(NCc1nc(-c2ccc(F)cc2)no1)c1ccccc1. The molecule has 0 aliphatic heterocycles. The van der Waals surface area contributed by atoms with Crippen molar-refractivity contribution in [2.75, 3.05) is 6.61 Å². The summed E-state index contributed by atoms with van der Waals surface area (Å²) in [6, 6.07) is 15.8. The summed E-state index contributed by atoms with van der Waals surface area (Å²) >= 11 is 0. The predicted molar refractivity (Wildman–Crippen MR) is 87.4 cm³/mol. The van der Waals surface area contributed by atoms with Crippen LogP contribution in [0.2, 0.25) is 0 Å². The van der Waals surface area contributed by atoms with Crippen LogP contribution < -0.4 is 5.32 Å². The summed E-state index contributed by atoms with van der Waals surface area (Å²) in [4.78, 5) is 4.31. The van der Waals surface area contributed by atoms with Crippen LogP contribution in [-0.4, -0.2) is 21.9 Å². The number of aromatic nitrogens is 2. The minimum Gasteiger partial charge on any atom is -0.396 e. The first-order valence-corrected chi connectivity index (χ1v) is 7.74. The van der Waals surface area contributed by atoms with Gasteiger partial charge in [-0.2, -0.15) is 4.98 Å². The number of hydrogen-bond acceptors (Lipinski definition) is 5. The van der Waals surface area contributed by atoms with Crippen LogP contribution in [0.1, 0.15) is 23.9 Å². The number of aliphatic hydroxyl groups excluding tert-OH is 1. The lowest BCUT2D eigenvalue weighted by Crippen LogP contribution is -2.22. The molecule has 0 saturated carbocycles. The molecule has 0 aliphatic carbocycles. The van der Waals surface area contributed by atoms with Crippen molar-refractivity contribution >= 4 is 0 Å². The van der Waals surface area contributed by atoms with E-state index in [0.29, 0.717) is 30.2 Å². The molecule has 0 radical (unpaired) electrons. The molecule has 0 bridgehead atoms. The van der Waals surface area contributed by atoms with E-state index < -0.39 is 0 Å².